The van der Waals surface area contributed by atoms with Crippen LogP contribution in [-0.4, -0.2) is 34.3 Å². The number of aromatic nitrogens is 3. The standard InChI is InChI=1S/C25H23FN4O2/c1-32-22-4-2-3-18(15-22)16-24(31)28-13-14-30-25(20-5-7-21(26)8-6-20)23(17-29-30)19-9-11-27-12-10-19/h2-12,15,17H,13-14,16H2,1H3,(H,28,31). The molecule has 2 aromatic heterocycles. The minimum Gasteiger partial charge on any atom is -0.497 e. The first-order valence-corrected chi connectivity index (χ1v) is 10.3. The van der Waals surface area contributed by atoms with E-state index in [0.29, 0.717) is 13.1 Å². The highest BCUT2D eigenvalue weighted by atomic mass is 19.1. The summed E-state index contributed by atoms with van der Waals surface area (Å²) in [5.74, 6) is 0.345. The van der Waals surface area contributed by atoms with Gasteiger partial charge in [-0.25, -0.2) is 4.39 Å². The van der Waals surface area contributed by atoms with Gasteiger partial charge in [0.15, 0.2) is 0 Å². The highest BCUT2D eigenvalue weighted by molar-refractivity contribution is 5.81. The molecule has 0 radical (unpaired) electrons. The van der Waals surface area contributed by atoms with Gasteiger partial charge in [-0.3, -0.25) is 14.5 Å². The number of hydrogen-bond acceptors (Lipinski definition) is 4. The van der Waals surface area contributed by atoms with Crippen LogP contribution in [0.3, 0.4) is 0 Å². The molecule has 6 nitrogen and oxygen atoms in total. The number of pyridine rings is 1. The summed E-state index contributed by atoms with van der Waals surface area (Å²) >= 11 is 0. The van der Waals surface area contributed by atoms with Crippen LogP contribution < -0.4 is 10.1 Å². The minimum absolute atomic E-state index is 0.0805. The van der Waals surface area contributed by atoms with Gasteiger partial charge in [0.1, 0.15) is 11.6 Å². The van der Waals surface area contributed by atoms with E-state index in [1.54, 1.807) is 37.8 Å². The molecule has 1 N–H and O–H groups in total. The summed E-state index contributed by atoms with van der Waals surface area (Å²) in [7, 11) is 1.60. The Morgan fingerprint density at radius 2 is 1.84 bits per heavy atom. The zero-order valence-corrected chi connectivity index (χ0v) is 17.7. The summed E-state index contributed by atoms with van der Waals surface area (Å²) in [6, 6.07) is 17.6. The number of nitrogens with one attached hydrogen (secondary N) is 1. The van der Waals surface area contributed by atoms with Crippen LogP contribution in [0, 0.1) is 5.82 Å². The van der Waals surface area contributed by atoms with Crippen molar-refractivity contribution >= 4 is 5.91 Å². The Labute approximate surface area is 185 Å². The predicted octanol–water partition coefficient (Wildman–Crippen LogP) is 4.12. The van der Waals surface area contributed by atoms with Crippen molar-refractivity contribution in [1.82, 2.24) is 20.1 Å². The van der Waals surface area contributed by atoms with Gasteiger partial charge in [0.05, 0.1) is 32.0 Å². The van der Waals surface area contributed by atoms with Gasteiger partial charge in [-0.15, -0.1) is 0 Å². The lowest BCUT2D eigenvalue weighted by Crippen LogP contribution is -2.29. The lowest BCUT2D eigenvalue weighted by Gasteiger charge is -2.12. The van der Waals surface area contributed by atoms with Gasteiger partial charge in [0.2, 0.25) is 5.91 Å². The van der Waals surface area contributed by atoms with Crippen molar-refractivity contribution in [2.75, 3.05) is 13.7 Å². The second kappa shape index (κ2) is 9.87. The van der Waals surface area contributed by atoms with E-state index in [-0.39, 0.29) is 18.1 Å². The molecule has 162 valence electrons. The maximum atomic E-state index is 13.5. The van der Waals surface area contributed by atoms with Crippen molar-refractivity contribution in [2.45, 2.75) is 13.0 Å². The highest BCUT2D eigenvalue weighted by Crippen LogP contribution is 2.31. The third-order valence-electron chi connectivity index (χ3n) is 5.09. The minimum atomic E-state index is -0.296. The number of ether oxygens (including phenoxy) is 1. The van der Waals surface area contributed by atoms with E-state index in [0.717, 1.165) is 33.7 Å². The Balaban J connectivity index is 1.49. The third-order valence-corrected chi connectivity index (χ3v) is 5.09. The molecule has 0 saturated heterocycles. The van der Waals surface area contributed by atoms with Gasteiger partial charge in [-0.2, -0.15) is 5.10 Å². The number of halogens is 1. The van der Waals surface area contributed by atoms with Gasteiger partial charge in [-0.05, 0) is 59.7 Å². The molecule has 2 heterocycles. The van der Waals surface area contributed by atoms with Crippen LogP contribution in [0.2, 0.25) is 0 Å². The first-order valence-electron chi connectivity index (χ1n) is 10.3. The molecular weight excluding hydrogens is 407 g/mol. The average Bonchev–Trinajstić information content (AvgIpc) is 3.24. The largest absolute Gasteiger partial charge is 0.497 e. The normalized spacial score (nSPS) is 10.7. The summed E-state index contributed by atoms with van der Waals surface area (Å²) in [5.41, 5.74) is 4.47. The molecule has 4 rings (SSSR count). The van der Waals surface area contributed by atoms with Crippen molar-refractivity contribution in [3.63, 3.8) is 0 Å². The fraction of sp³-hybridized carbons (Fsp3) is 0.160. The van der Waals surface area contributed by atoms with Crippen LogP contribution in [0.15, 0.2) is 79.3 Å². The van der Waals surface area contributed by atoms with Gasteiger partial charge >= 0.3 is 0 Å². The third kappa shape index (κ3) is 5.00. The van der Waals surface area contributed by atoms with E-state index < -0.39 is 0 Å². The molecule has 7 heteroatoms. The second-order valence-electron chi connectivity index (χ2n) is 7.25. The molecule has 2 aromatic carbocycles. The summed E-state index contributed by atoms with van der Waals surface area (Å²) < 4.78 is 20.5. The van der Waals surface area contributed by atoms with Crippen LogP contribution in [0.25, 0.3) is 22.4 Å². The Morgan fingerprint density at radius 1 is 1.06 bits per heavy atom. The fourth-order valence-electron chi connectivity index (χ4n) is 3.54. The Kier molecular flexibility index (Phi) is 6.55. The Morgan fingerprint density at radius 3 is 2.59 bits per heavy atom. The molecule has 4 aromatic rings. The summed E-state index contributed by atoms with van der Waals surface area (Å²) in [5, 5.41) is 7.47. The Bertz CT molecular complexity index is 1190. The first-order chi connectivity index (χ1) is 15.6. The van der Waals surface area contributed by atoms with Crippen molar-refractivity contribution in [3.05, 3.63) is 90.6 Å². The topological polar surface area (TPSA) is 69.0 Å². The Hall–Kier alpha value is -4.00. The number of methoxy groups -OCH3 is 1. The van der Waals surface area contributed by atoms with Crippen LogP contribution in [0.4, 0.5) is 4.39 Å². The van der Waals surface area contributed by atoms with E-state index in [1.165, 1.54) is 12.1 Å². The zero-order valence-electron chi connectivity index (χ0n) is 17.7. The highest BCUT2D eigenvalue weighted by Gasteiger charge is 2.15. The molecule has 0 aliphatic heterocycles. The molecule has 0 bridgehead atoms. The van der Waals surface area contributed by atoms with Crippen LogP contribution in [-0.2, 0) is 17.8 Å². The van der Waals surface area contributed by atoms with Crippen molar-refractivity contribution in [1.29, 1.82) is 0 Å². The fourth-order valence-corrected chi connectivity index (χ4v) is 3.54. The molecule has 0 saturated carbocycles. The van der Waals surface area contributed by atoms with E-state index in [2.05, 4.69) is 15.4 Å². The van der Waals surface area contributed by atoms with E-state index >= 15 is 0 Å². The molecule has 32 heavy (non-hydrogen) atoms. The van der Waals surface area contributed by atoms with Crippen molar-refractivity contribution in [3.8, 4) is 28.1 Å². The number of benzene rings is 2. The maximum absolute atomic E-state index is 13.5. The van der Waals surface area contributed by atoms with Crippen LogP contribution >= 0.6 is 0 Å². The van der Waals surface area contributed by atoms with Crippen LogP contribution in [0.1, 0.15) is 5.56 Å². The lowest BCUT2D eigenvalue weighted by molar-refractivity contribution is -0.120. The average molecular weight is 430 g/mol. The quantitative estimate of drug-likeness (QED) is 0.457. The van der Waals surface area contributed by atoms with Gasteiger partial charge in [-0.1, -0.05) is 12.1 Å². The number of nitrogens with zero attached hydrogens (tertiary/aromatic N) is 3. The molecule has 1 amide bonds. The first kappa shape index (κ1) is 21.2. The van der Waals surface area contributed by atoms with Crippen molar-refractivity contribution < 1.29 is 13.9 Å². The molecule has 0 fully saturated rings. The van der Waals surface area contributed by atoms with Gasteiger partial charge in [0, 0.05) is 30.1 Å². The van der Waals surface area contributed by atoms with E-state index in [1.807, 2.05) is 41.1 Å². The molecule has 0 spiro atoms. The van der Waals surface area contributed by atoms with E-state index in [9.17, 15) is 9.18 Å². The summed E-state index contributed by atoms with van der Waals surface area (Å²) in [6.45, 7) is 0.885. The number of carbonyl (C=O) groups excluding carboxylic acids is 1. The SMILES string of the molecule is COc1cccc(CC(=O)NCCn2ncc(-c3ccncc3)c2-c2ccc(F)cc2)c1. The smallest absolute Gasteiger partial charge is 0.224 e. The zero-order chi connectivity index (χ0) is 22.3. The predicted molar refractivity (Wildman–Crippen MR) is 121 cm³/mol. The lowest BCUT2D eigenvalue weighted by atomic mass is 10.0. The molecule has 0 atom stereocenters. The van der Waals surface area contributed by atoms with Crippen LogP contribution in [0.5, 0.6) is 5.75 Å². The number of rotatable bonds is 8. The van der Waals surface area contributed by atoms with Crippen molar-refractivity contribution in [2.24, 2.45) is 0 Å². The summed E-state index contributed by atoms with van der Waals surface area (Å²) in [6.07, 6.45) is 5.50. The molecule has 0 aliphatic carbocycles. The molecule has 0 aliphatic rings. The van der Waals surface area contributed by atoms with Gasteiger partial charge in [0.25, 0.3) is 0 Å². The van der Waals surface area contributed by atoms with Gasteiger partial charge < -0.3 is 10.1 Å². The number of carbonyl (C=O) groups is 1. The maximum Gasteiger partial charge on any atom is 0.224 e. The van der Waals surface area contributed by atoms with E-state index in [4.69, 9.17) is 4.74 Å². The number of hydrogen-bond donors (Lipinski definition) is 1. The second-order valence-corrected chi connectivity index (χ2v) is 7.25. The number of amides is 1. The summed E-state index contributed by atoms with van der Waals surface area (Å²) in [4.78, 5) is 16.5. The molecule has 0 unspecified atom stereocenters. The molecular formula is C25H23FN4O2. The monoisotopic (exact) mass is 430 g/mol.